The Hall–Kier alpha value is -2.40. The quantitative estimate of drug-likeness (QED) is 0.807. The highest BCUT2D eigenvalue weighted by atomic mass is 19.1. The van der Waals surface area contributed by atoms with Gasteiger partial charge in [0, 0.05) is 37.9 Å². The van der Waals surface area contributed by atoms with Gasteiger partial charge in [-0.05, 0) is 56.3 Å². The minimum Gasteiger partial charge on any atom is -0.368 e. The SMILES string of the molecule is Cc1cccc(N2CCN(C(=O)CN(C)C(C)c3ccc(F)cc3)CC2)c1. The van der Waals surface area contributed by atoms with Crippen molar-refractivity contribution in [1.82, 2.24) is 9.80 Å². The number of likely N-dealkylation sites (N-methyl/N-ethyl adjacent to an activating group) is 1. The third-order valence-corrected chi connectivity index (χ3v) is 5.40. The lowest BCUT2D eigenvalue weighted by Crippen LogP contribution is -2.51. The number of aryl methyl sites for hydroxylation is 1. The van der Waals surface area contributed by atoms with Crippen molar-refractivity contribution in [1.29, 1.82) is 0 Å². The van der Waals surface area contributed by atoms with Gasteiger partial charge >= 0.3 is 0 Å². The molecule has 2 aromatic carbocycles. The summed E-state index contributed by atoms with van der Waals surface area (Å²) in [6, 6.07) is 15.0. The fraction of sp³-hybridized carbons (Fsp3) is 0.409. The van der Waals surface area contributed by atoms with Gasteiger partial charge in [0.05, 0.1) is 6.54 Å². The van der Waals surface area contributed by atoms with Gasteiger partial charge in [-0.2, -0.15) is 0 Å². The second kappa shape index (κ2) is 8.53. The number of hydrogen-bond acceptors (Lipinski definition) is 3. The average molecular weight is 369 g/mol. The summed E-state index contributed by atoms with van der Waals surface area (Å²) in [6.07, 6.45) is 0. The molecule has 27 heavy (non-hydrogen) atoms. The van der Waals surface area contributed by atoms with E-state index in [1.807, 2.05) is 23.8 Å². The van der Waals surface area contributed by atoms with E-state index >= 15 is 0 Å². The second-order valence-electron chi connectivity index (χ2n) is 7.35. The van der Waals surface area contributed by atoms with Gasteiger partial charge in [-0.15, -0.1) is 0 Å². The van der Waals surface area contributed by atoms with Crippen molar-refractivity contribution >= 4 is 11.6 Å². The Kier molecular flexibility index (Phi) is 6.11. The van der Waals surface area contributed by atoms with E-state index in [9.17, 15) is 9.18 Å². The van der Waals surface area contributed by atoms with Crippen molar-refractivity contribution in [3.8, 4) is 0 Å². The molecule has 144 valence electrons. The van der Waals surface area contributed by atoms with Crippen LogP contribution in [0.2, 0.25) is 0 Å². The van der Waals surface area contributed by atoms with Crippen LogP contribution in [0.4, 0.5) is 10.1 Å². The van der Waals surface area contributed by atoms with Crippen LogP contribution in [-0.4, -0.2) is 55.5 Å². The van der Waals surface area contributed by atoms with Crippen LogP contribution in [0.25, 0.3) is 0 Å². The highest BCUT2D eigenvalue weighted by molar-refractivity contribution is 5.78. The molecule has 3 rings (SSSR count). The second-order valence-corrected chi connectivity index (χ2v) is 7.35. The zero-order valence-corrected chi connectivity index (χ0v) is 16.4. The Morgan fingerprint density at radius 2 is 1.78 bits per heavy atom. The normalized spacial score (nSPS) is 15.9. The van der Waals surface area contributed by atoms with E-state index in [0.29, 0.717) is 6.54 Å². The minimum absolute atomic E-state index is 0.0585. The number of amides is 1. The molecule has 0 N–H and O–H groups in total. The standard InChI is InChI=1S/C22H28FN3O/c1-17-5-4-6-21(15-17)25-11-13-26(14-12-25)22(27)16-24(3)18(2)19-7-9-20(23)10-8-19/h4-10,15,18H,11-14,16H2,1-3H3. The molecule has 1 aliphatic heterocycles. The first kappa shape index (κ1) is 19.4. The first-order valence-electron chi connectivity index (χ1n) is 9.49. The summed E-state index contributed by atoms with van der Waals surface area (Å²) in [5.41, 5.74) is 3.49. The molecule has 1 saturated heterocycles. The molecule has 1 fully saturated rings. The van der Waals surface area contributed by atoms with Gasteiger partial charge in [0.25, 0.3) is 0 Å². The fourth-order valence-corrected chi connectivity index (χ4v) is 3.48. The van der Waals surface area contributed by atoms with Crippen LogP contribution in [0, 0.1) is 12.7 Å². The number of carbonyl (C=O) groups is 1. The van der Waals surface area contributed by atoms with Gasteiger partial charge in [-0.25, -0.2) is 4.39 Å². The number of benzene rings is 2. The summed E-state index contributed by atoms with van der Waals surface area (Å²) in [5.74, 6) is -0.0912. The van der Waals surface area contributed by atoms with Crippen molar-refractivity contribution in [3.63, 3.8) is 0 Å². The van der Waals surface area contributed by atoms with E-state index in [4.69, 9.17) is 0 Å². The number of hydrogen-bond donors (Lipinski definition) is 0. The maximum Gasteiger partial charge on any atom is 0.236 e. The van der Waals surface area contributed by atoms with Crippen molar-refractivity contribution in [3.05, 3.63) is 65.5 Å². The molecule has 1 unspecified atom stereocenters. The van der Waals surface area contributed by atoms with Crippen LogP contribution in [0.3, 0.4) is 0 Å². The minimum atomic E-state index is -0.240. The Morgan fingerprint density at radius 3 is 2.41 bits per heavy atom. The van der Waals surface area contributed by atoms with Gasteiger partial charge in [-0.1, -0.05) is 24.3 Å². The number of halogens is 1. The van der Waals surface area contributed by atoms with E-state index in [1.54, 1.807) is 12.1 Å². The Morgan fingerprint density at radius 1 is 1.11 bits per heavy atom. The smallest absolute Gasteiger partial charge is 0.236 e. The Balaban J connectivity index is 1.52. The maximum atomic E-state index is 13.1. The van der Waals surface area contributed by atoms with E-state index in [-0.39, 0.29) is 17.8 Å². The topological polar surface area (TPSA) is 26.8 Å². The molecule has 1 atom stereocenters. The Bertz CT molecular complexity index is 769. The number of rotatable bonds is 5. The molecule has 0 spiro atoms. The van der Waals surface area contributed by atoms with Crippen LogP contribution in [0.1, 0.15) is 24.1 Å². The molecule has 1 amide bonds. The molecular formula is C22H28FN3O. The van der Waals surface area contributed by atoms with Crippen LogP contribution < -0.4 is 4.90 Å². The van der Waals surface area contributed by atoms with E-state index < -0.39 is 0 Å². The molecule has 1 aliphatic rings. The summed E-state index contributed by atoms with van der Waals surface area (Å²) in [4.78, 5) is 19.0. The highest BCUT2D eigenvalue weighted by Gasteiger charge is 2.23. The molecule has 0 aromatic heterocycles. The third kappa shape index (κ3) is 4.86. The first-order valence-corrected chi connectivity index (χ1v) is 9.49. The molecule has 1 heterocycles. The lowest BCUT2D eigenvalue weighted by Gasteiger charge is -2.37. The molecule has 0 saturated carbocycles. The molecule has 2 aromatic rings. The van der Waals surface area contributed by atoms with Gasteiger partial charge in [0.1, 0.15) is 5.82 Å². The van der Waals surface area contributed by atoms with E-state index in [1.165, 1.54) is 23.4 Å². The lowest BCUT2D eigenvalue weighted by molar-refractivity contribution is -0.132. The number of carbonyl (C=O) groups excluding carboxylic acids is 1. The number of anilines is 1. The lowest BCUT2D eigenvalue weighted by atomic mass is 10.1. The molecule has 4 nitrogen and oxygen atoms in total. The number of piperazine rings is 1. The summed E-state index contributed by atoms with van der Waals surface area (Å²) in [5, 5.41) is 0. The maximum absolute atomic E-state index is 13.1. The summed E-state index contributed by atoms with van der Waals surface area (Å²) < 4.78 is 13.1. The van der Waals surface area contributed by atoms with Crippen LogP contribution >= 0.6 is 0 Å². The predicted molar refractivity (Wildman–Crippen MR) is 107 cm³/mol. The number of nitrogens with zero attached hydrogens (tertiary/aromatic N) is 3. The van der Waals surface area contributed by atoms with Crippen LogP contribution in [0.15, 0.2) is 48.5 Å². The van der Waals surface area contributed by atoms with Gasteiger partial charge in [-0.3, -0.25) is 9.69 Å². The Labute approximate surface area is 161 Å². The summed E-state index contributed by atoms with van der Waals surface area (Å²) >= 11 is 0. The van der Waals surface area contributed by atoms with Gasteiger partial charge in [0.2, 0.25) is 5.91 Å². The third-order valence-electron chi connectivity index (χ3n) is 5.40. The van der Waals surface area contributed by atoms with Crippen molar-refractivity contribution in [2.45, 2.75) is 19.9 Å². The first-order chi connectivity index (χ1) is 12.9. The van der Waals surface area contributed by atoms with Crippen molar-refractivity contribution < 1.29 is 9.18 Å². The fourth-order valence-electron chi connectivity index (χ4n) is 3.48. The largest absolute Gasteiger partial charge is 0.368 e. The molecule has 0 radical (unpaired) electrons. The van der Waals surface area contributed by atoms with E-state index in [0.717, 1.165) is 31.7 Å². The monoisotopic (exact) mass is 369 g/mol. The van der Waals surface area contributed by atoms with E-state index in [2.05, 4.69) is 36.1 Å². The average Bonchev–Trinajstić information content (AvgIpc) is 2.68. The van der Waals surface area contributed by atoms with Gasteiger partial charge < -0.3 is 9.80 Å². The summed E-state index contributed by atoms with van der Waals surface area (Å²) in [7, 11) is 1.94. The molecular weight excluding hydrogens is 341 g/mol. The van der Waals surface area contributed by atoms with Crippen LogP contribution in [-0.2, 0) is 4.79 Å². The molecule has 0 bridgehead atoms. The van der Waals surface area contributed by atoms with Crippen molar-refractivity contribution in [2.24, 2.45) is 0 Å². The predicted octanol–water partition coefficient (Wildman–Crippen LogP) is 3.48. The highest BCUT2D eigenvalue weighted by Crippen LogP contribution is 2.20. The molecule has 5 heteroatoms. The zero-order valence-electron chi connectivity index (χ0n) is 16.4. The zero-order chi connectivity index (χ0) is 19.4. The van der Waals surface area contributed by atoms with Gasteiger partial charge in [0.15, 0.2) is 0 Å². The summed E-state index contributed by atoms with van der Waals surface area (Å²) in [6.45, 7) is 7.69. The van der Waals surface area contributed by atoms with Crippen LogP contribution in [0.5, 0.6) is 0 Å². The van der Waals surface area contributed by atoms with Crippen molar-refractivity contribution in [2.75, 3.05) is 44.7 Å². The molecule has 0 aliphatic carbocycles.